The lowest BCUT2D eigenvalue weighted by molar-refractivity contribution is -0.140. The lowest BCUT2D eigenvalue weighted by atomic mass is 9.97. The van der Waals surface area contributed by atoms with Crippen molar-refractivity contribution in [3.05, 3.63) is 59.9 Å². The van der Waals surface area contributed by atoms with E-state index in [9.17, 15) is 24.0 Å². The predicted octanol–water partition coefficient (Wildman–Crippen LogP) is 2.52. The minimum absolute atomic E-state index is 0.0573. The van der Waals surface area contributed by atoms with Crippen LogP contribution in [0, 0.1) is 5.92 Å². The summed E-state index contributed by atoms with van der Waals surface area (Å²) in [6, 6.07) is 9.54. The third-order valence-electron chi connectivity index (χ3n) is 9.81. The van der Waals surface area contributed by atoms with Crippen LogP contribution < -0.4 is 21.7 Å². The Kier molecular flexibility index (Phi) is 13.7. The molecule has 52 heavy (non-hydrogen) atoms. The topological polar surface area (TPSA) is 191 Å². The lowest BCUT2D eigenvalue weighted by Crippen LogP contribution is -2.59. The summed E-state index contributed by atoms with van der Waals surface area (Å²) in [6.45, 7) is 4.77. The number of fused-ring (bicyclic) bond motifs is 3. The van der Waals surface area contributed by atoms with Gasteiger partial charge in [0.05, 0.1) is 25.1 Å². The first-order chi connectivity index (χ1) is 25.1. The first-order valence-electron chi connectivity index (χ1n) is 18.5. The monoisotopic (exact) mass is 716 g/mol. The van der Waals surface area contributed by atoms with Crippen LogP contribution in [0.3, 0.4) is 0 Å². The second-order valence-corrected chi connectivity index (χ2v) is 14.3. The van der Waals surface area contributed by atoms with Crippen molar-refractivity contribution < 1.29 is 28.7 Å². The number of rotatable bonds is 7. The third kappa shape index (κ3) is 10.4. The number of nitrogens with two attached hydrogens (primary N) is 1. The molecule has 0 radical (unpaired) electrons. The molecule has 0 bridgehead atoms. The van der Waals surface area contributed by atoms with E-state index in [0.29, 0.717) is 44.5 Å². The normalized spacial score (nSPS) is 22.1. The number of ether oxygens (including phenoxy) is 1. The zero-order valence-electron chi connectivity index (χ0n) is 30.2. The number of nitrogens with one attached hydrogen (secondary N) is 3. The highest BCUT2D eigenvalue weighted by atomic mass is 16.5. The van der Waals surface area contributed by atoms with Crippen molar-refractivity contribution in [2.24, 2.45) is 11.7 Å². The highest BCUT2D eigenvalue weighted by Crippen LogP contribution is 2.23. The number of carbonyl (C=O) groups excluding carboxylic acids is 5. The van der Waals surface area contributed by atoms with Crippen molar-refractivity contribution in [3.8, 4) is 0 Å². The van der Waals surface area contributed by atoms with Crippen molar-refractivity contribution in [3.63, 3.8) is 0 Å². The number of aromatic nitrogens is 3. The van der Waals surface area contributed by atoms with Gasteiger partial charge < -0.3 is 31.3 Å². The molecule has 2 aromatic carbocycles. The van der Waals surface area contributed by atoms with Gasteiger partial charge in [0.1, 0.15) is 24.2 Å². The van der Waals surface area contributed by atoms with Gasteiger partial charge in [0.25, 0.3) is 0 Å². The third-order valence-corrected chi connectivity index (χ3v) is 9.81. The average molecular weight is 717 g/mol. The molecule has 0 unspecified atom stereocenters. The Hall–Kier alpha value is -4.85. The molecule has 3 aromatic rings. The summed E-state index contributed by atoms with van der Waals surface area (Å²) >= 11 is 0. The second kappa shape index (κ2) is 18.6. The van der Waals surface area contributed by atoms with E-state index >= 15 is 0 Å². The number of aryl methyl sites for hydroxylation is 1. The Morgan fingerprint density at radius 1 is 0.962 bits per heavy atom. The SMILES string of the molecule is CC(C)C[C@H](NC(=O)[C@@H]1COCc2cnnn2CCCCCCCC(=O)N2CCC[C@H]2C(=O)N[C@@H](Cc2cccc3ccccc23)C(=O)N1)C(N)=O. The summed E-state index contributed by atoms with van der Waals surface area (Å²) in [5, 5.41) is 18.6. The van der Waals surface area contributed by atoms with Crippen LogP contribution in [0.1, 0.15) is 82.9 Å². The first kappa shape index (κ1) is 38.4. The molecule has 3 heterocycles. The van der Waals surface area contributed by atoms with Gasteiger partial charge in [0, 0.05) is 25.9 Å². The number of nitrogens with zero attached hydrogens (tertiary/aromatic N) is 4. The molecule has 0 aliphatic carbocycles. The summed E-state index contributed by atoms with van der Waals surface area (Å²) in [7, 11) is 0. The van der Waals surface area contributed by atoms with E-state index in [1.165, 1.54) is 0 Å². The largest absolute Gasteiger partial charge is 0.372 e. The molecule has 4 atom stereocenters. The van der Waals surface area contributed by atoms with Crippen LogP contribution in [0.15, 0.2) is 48.7 Å². The molecule has 2 aliphatic heterocycles. The standard InChI is InChI=1S/C38H52N8O6/c1-25(2)20-30(35(39)48)41-37(50)32-24-52-23-28-22-40-44-46(28)19-9-5-3-4-6-17-34(47)45-18-11-16-33(45)38(51)42-31(36(49)43-32)21-27-14-10-13-26-12-7-8-15-29(26)27/h7-8,10,12-15,22,25,30-33H,3-6,9,11,16-21,23-24H2,1-2H3,(H2,39,48)(H,41,50)(H,42,51)(H,43,49)/t30-,31-,32-,33-/m0/s1. The van der Waals surface area contributed by atoms with Crippen molar-refractivity contribution in [1.29, 1.82) is 0 Å². The van der Waals surface area contributed by atoms with Gasteiger partial charge in [0.2, 0.25) is 29.5 Å². The Labute approximate surface area is 304 Å². The summed E-state index contributed by atoms with van der Waals surface area (Å²) in [6.07, 6.45) is 7.97. The average Bonchev–Trinajstić information content (AvgIpc) is 3.80. The quantitative estimate of drug-likeness (QED) is 0.287. The fourth-order valence-corrected chi connectivity index (χ4v) is 7.02. The van der Waals surface area contributed by atoms with Gasteiger partial charge in [-0.15, -0.1) is 5.10 Å². The van der Waals surface area contributed by atoms with Gasteiger partial charge in [-0.2, -0.15) is 0 Å². The van der Waals surface area contributed by atoms with E-state index in [1.54, 1.807) is 15.8 Å². The fraction of sp³-hybridized carbons (Fsp3) is 0.553. The molecule has 1 saturated heterocycles. The van der Waals surface area contributed by atoms with Crippen LogP contribution in [0.4, 0.5) is 0 Å². The van der Waals surface area contributed by atoms with Gasteiger partial charge in [-0.25, -0.2) is 4.68 Å². The fourth-order valence-electron chi connectivity index (χ4n) is 7.02. The molecular formula is C38H52N8O6. The smallest absolute Gasteiger partial charge is 0.245 e. The van der Waals surface area contributed by atoms with Crippen LogP contribution >= 0.6 is 0 Å². The minimum atomic E-state index is -1.24. The van der Waals surface area contributed by atoms with Crippen LogP contribution in [0.25, 0.3) is 10.8 Å². The van der Waals surface area contributed by atoms with Crippen molar-refractivity contribution in [2.75, 3.05) is 13.2 Å². The number of primary amides is 1. The molecule has 5 rings (SSSR count). The zero-order chi connectivity index (χ0) is 37.0. The summed E-state index contributed by atoms with van der Waals surface area (Å²) in [4.78, 5) is 69.3. The van der Waals surface area contributed by atoms with Crippen LogP contribution in [-0.4, -0.2) is 86.7 Å². The number of hydrogen-bond donors (Lipinski definition) is 4. The molecule has 5 amide bonds. The van der Waals surface area contributed by atoms with Crippen LogP contribution in [0.2, 0.25) is 0 Å². The number of carbonyl (C=O) groups is 5. The Bertz CT molecular complexity index is 1700. The van der Waals surface area contributed by atoms with Crippen LogP contribution in [0.5, 0.6) is 0 Å². The molecule has 0 spiro atoms. The number of benzene rings is 2. The molecule has 0 saturated carbocycles. The van der Waals surface area contributed by atoms with E-state index in [4.69, 9.17) is 10.5 Å². The summed E-state index contributed by atoms with van der Waals surface area (Å²) < 4.78 is 7.76. The van der Waals surface area contributed by atoms with E-state index in [-0.39, 0.29) is 31.5 Å². The number of hydrogen-bond acceptors (Lipinski definition) is 8. The lowest BCUT2D eigenvalue weighted by Gasteiger charge is -2.28. The van der Waals surface area contributed by atoms with Gasteiger partial charge in [-0.3, -0.25) is 24.0 Å². The van der Waals surface area contributed by atoms with E-state index < -0.39 is 47.8 Å². The predicted molar refractivity (Wildman–Crippen MR) is 194 cm³/mol. The van der Waals surface area contributed by atoms with Gasteiger partial charge >= 0.3 is 0 Å². The number of amides is 5. The highest BCUT2D eigenvalue weighted by Gasteiger charge is 2.37. The maximum atomic E-state index is 14.3. The maximum absolute atomic E-state index is 14.3. The summed E-state index contributed by atoms with van der Waals surface area (Å²) in [5.41, 5.74) is 7.17. The second-order valence-electron chi connectivity index (χ2n) is 14.3. The maximum Gasteiger partial charge on any atom is 0.245 e. The van der Waals surface area contributed by atoms with E-state index in [1.807, 2.05) is 56.3 Å². The van der Waals surface area contributed by atoms with Crippen molar-refractivity contribution in [1.82, 2.24) is 35.8 Å². The highest BCUT2D eigenvalue weighted by molar-refractivity contribution is 5.96. The molecule has 14 nitrogen and oxygen atoms in total. The minimum Gasteiger partial charge on any atom is -0.372 e. The van der Waals surface area contributed by atoms with Crippen molar-refractivity contribution >= 4 is 40.3 Å². The van der Waals surface area contributed by atoms with Crippen molar-refractivity contribution in [2.45, 2.75) is 115 Å². The van der Waals surface area contributed by atoms with E-state index in [2.05, 4.69) is 26.3 Å². The first-order valence-corrected chi connectivity index (χ1v) is 18.5. The molecule has 1 fully saturated rings. The van der Waals surface area contributed by atoms with Gasteiger partial charge in [-0.1, -0.05) is 80.8 Å². The Balaban J connectivity index is 1.45. The molecule has 5 N–H and O–H groups in total. The molecule has 14 heteroatoms. The van der Waals surface area contributed by atoms with Gasteiger partial charge in [0.15, 0.2) is 0 Å². The van der Waals surface area contributed by atoms with Gasteiger partial charge in [-0.05, 0) is 54.4 Å². The molecule has 2 aliphatic rings. The zero-order valence-corrected chi connectivity index (χ0v) is 30.2. The molecule has 280 valence electrons. The Morgan fingerprint density at radius 3 is 2.54 bits per heavy atom. The van der Waals surface area contributed by atoms with E-state index in [0.717, 1.165) is 48.4 Å². The van der Waals surface area contributed by atoms with Crippen LogP contribution in [-0.2, 0) is 48.3 Å². The molecule has 1 aromatic heterocycles. The summed E-state index contributed by atoms with van der Waals surface area (Å²) in [5.74, 6) is -2.37. The Morgan fingerprint density at radius 2 is 1.73 bits per heavy atom. The molecular weight excluding hydrogens is 664 g/mol.